The zero-order chi connectivity index (χ0) is 11.7. The van der Waals surface area contributed by atoms with E-state index in [-0.39, 0.29) is 12.4 Å². The van der Waals surface area contributed by atoms with Gasteiger partial charge in [0.1, 0.15) is 0 Å². The van der Waals surface area contributed by atoms with Crippen LogP contribution in [0.2, 0.25) is 0 Å². The summed E-state index contributed by atoms with van der Waals surface area (Å²) < 4.78 is 26.5. The summed E-state index contributed by atoms with van der Waals surface area (Å²) in [6, 6.07) is 0. The van der Waals surface area contributed by atoms with Gasteiger partial charge < -0.3 is 4.74 Å². The molecule has 0 aromatic heterocycles. The highest BCUT2D eigenvalue weighted by Gasteiger charge is 2.07. The van der Waals surface area contributed by atoms with Crippen LogP contribution < -0.4 is 5.14 Å². The van der Waals surface area contributed by atoms with E-state index in [0.717, 1.165) is 12.8 Å². The van der Waals surface area contributed by atoms with E-state index >= 15 is 0 Å². The maximum atomic E-state index is 10.6. The summed E-state index contributed by atoms with van der Waals surface area (Å²) >= 11 is 0. The molecule has 15 heavy (non-hydrogen) atoms. The van der Waals surface area contributed by atoms with Gasteiger partial charge >= 0.3 is 0 Å². The van der Waals surface area contributed by atoms with Gasteiger partial charge in [0.05, 0.1) is 12.4 Å². The van der Waals surface area contributed by atoms with E-state index in [1.54, 1.807) is 0 Å². The second kappa shape index (κ2) is 8.07. The molecule has 0 amide bonds. The van der Waals surface area contributed by atoms with Crippen molar-refractivity contribution in [3.05, 3.63) is 0 Å². The van der Waals surface area contributed by atoms with E-state index in [1.165, 1.54) is 12.8 Å². The second-order valence-corrected chi connectivity index (χ2v) is 5.59. The molecule has 0 saturated carbocycles. The van der Waals surface area contributed by atoms with Gasteiger partial charge in [0.25, 0.3) is 0 Å². The van der Waals surface area contributed by atoms with Crippen molar-refractivity contribution >= 4 is 10.0 Å². The van der Waals surface area contributed by atoms with Crippen molar-refractivity contribution in [1.82, 2.24) is 0 Å². The van der Waals surface area contributed by atoms with E-state index in [0.29, 0.717) is 12.5 Å². The van der Waals surface area contributed by atoms with Crippen LogP contribution in [0.1, 0.15) is 39.5 Å². The van der Waals surface area contributed by atoms with Crippen LogP contribution in [0.15, 0.2) is 0 Å². The van der Waals surface area contributed by atoms with Crippen molar-refractivity contribution in [3.63, 3.8) is 0 Å². The first-order valence-corrected chi connectivity index (χ1v) is 7.29. The standard InChI is InChI=1S/C10H23NO3S/c1-3-5-6-10(4-2)9-14-7-8-15(11,12)13/h10H,3-9H2,1-2H3,(H2,11,12,13). The lowest BCUT2D eigenvalue weighted by atomic mass is 10.0. The van der Waals surface area contributed by atoms with Gasteiger partial charge in [-0.3, -0.25) is 0 Å². The van der Waals surface area contributed by atoms with Gasteiger partial charge in [0.2, 0.25) is 10.0 Å². The number of hydrogen-bond donors (Lipinski definition) is 1. The Morgan fingerprint density at radius 1 is 1.33 bits per heavy atom. The van der Waals surface area contributed by atoms with Gasteiger partial charge in [-0.15, -0.1) is 0 Å². The molecule has 0 aromatic carbocycles. The highest BCUT2D eigenvalue weighted by Crippen LogP contribution is 2.12. The van der Waals surface area contributed by atoms with Crippen molar-refractivity contribution < 1.29 is 13.2 Å². The predicted octanol–water partition coefficient (Wildman–Crippen LogP) is 1.51. The van der Waals surface area contributed by atoms with Crippen LogP contribution >= 0.6 is 0 Å². The molecule has 92 valence electrons. The van der Waals surface area contributed by atoms with Crippen molar-refractivity contribution in [3.8, 4) is 0 Å². The fraction of sp³-hybridized carbons (Fsp3) is 1.00. The third-order valence-corrected chi connectivity index (χ3v) is 3.14. The number of unbranched alkanes of at least 4 members (excludes halogenated alkanes) is 1. The fourth-order valence-electron chi connectivity index (χ4n) is 1.32. The van der Waals surface area contributed by atoms with Gasteiger partial charge in [-0.25, -0.2) is 13.6 Å². The van der Waals surface area contributed by atoms with E-state index in [2.05, 4.69) is 13.8 Å². The molecule has 5 heteroatoms. The van der Waals surface area contributed by atoms with Gasteiger partial charge in [0.15, 0.2) is 0 Å². The van der Waals surface area contributed by atoms with E-state index in [1.807, 2.05) is 0 Å². The summed E-state index contributed by atoms with van der Waals surface area (Å²) in [6.07, 6.45) is 4.63. The first kappa shape index (κ1) is 14.9. The smallest absolute Gasteiger partial charge is 0.211 e. The zero-order valence-electron chi connectivity index (χ0n) is 9.74. The molecule has 0 rings (SSSR count). The van der Waals surface area contributed by atoms with Crippen molar-refractivity contribution in [2.45, 2.75) is 39.5 Å². The molecule has 1 unspecified atom stereocenters. The lowest BCUT2D eigenvalue weighted by Gasteiger charge is -2.14. The number of rotatable bonds is 9. The minimum atomic E-state index is -3.37. The Hall–Kier alpha value is -0.130. The molecule has 0 heterocycles. The molecular formula is C10H23NO3S. The van der Waals surface area contributed by atoms with Crippen molar-refractivity contribution in [1.29, 1.82) is 0 Å². The van der Waals surface area contributed by atoms with E-state index in [4.69, 9.17) is 9.88 Å². The Bertz CT molecular complexity index is 239. The molecule has 0 bridgehead atoms. The maximum absolute atomic E-state index is 10.6. The number of sulfonamides is 1. The van der Waals surface area contributed by atoms with Gasteiger partial charge in [0, 0.05) is 6.61 Å². The van der Waals surface area contributed by atoms with Crippen molar-refractivity contribution in [2.75, 3.05) is 19.0 Å². The van der Waals surface area contributed by atoms with E-state index < -0.39 is 10.0 Å². The molecule has 0 fully saturated rings. The maximum Gasteiger partial charge on any atom is 0.211 e. The zero-order valence-corrected chi connectivity index (χ0v) is 10.6. The molecule has 2 N–H and O–H groups in total. The Morgan fingerprint density at radius 3 is 2.47 bits per heavy atom. The number of hydrogen-bond acceptors (Lipinski definition) is 3. The second-order valence-electron chi connectivity index (χ2n) is 3.86. The molecule has 4 nitrogen and oxygen atoms in total. The Kier molecular flexibility index (Phi) is 8.00. The lowest BCUT2D eigenvalue weighted by Crippen LogP contribution is -2.21. The third-order valence-electron chi connectivity index (χ3n) is 2.41. The Labute approximate surface area is 93.2 Å². The summed E-state index contributed by atoms with van der Waals surface area (Å²) in [5.74, 6) is 0.461. The van der Waals surface area contributed by atoms with E-state index in [9.17, 15) is 8.42 Å². The number of primary sulfonamides is 1. The quantitative estimate of drug-likeness (QED) is 0.618. The first-order chi connectivity index (χ1) is 6.99. The summed E-state index contributed by atoms with van der Waals surface area (Å²) in [5, 5.41) is 4.86. The lowest BCUT2D eigenvalue weighted by molar-refractivity contribution is 0.106. The molecule has 0 saturated heterocycles. The highest BCUT2D eigenvalue weighted by molar-refractivity contribution is 7.89. The number of ether oxygens (including phenoxy) is 1. The molecule has 1 atom stereocenters. The summed E-state index contributed by atoms with van der Waals surface area (Å²) in [4.78, 5) is 0. The van der Waals surface area contributed by atoms with Crippen LogP contribution in [0.3, 0.4) is 0 Å². The highest BCUT2D eigenvalue weighted by atomic mass is 32.2. The van der Waals surface area contributed by atoms with Crippen molar-refractivity contribution in [2.24, 2.45) is 11.1 Å². The van der Waals surface area contributed by atoms with Crippen LogP contribution in [0.25, 0.3) is 0 Å². The summed E-state index contributed by atoms with van der Waals surface area (Å²) in [6.45, 7) is 5.14. The summed E-state index contributed by atoms with van der Waals surface area (Å²) in [7, 11) is -3.37. The molecule has 0 aliphatic carbocycles. The molecular weight excluding hydrogens is 214 g/mol. The Morgan fingerprint density at radius 2 is 2.00 bits per heavy atom. The fourth-order valence-corrected chi connectivity index (χ4v) is 1.67. The van der Waals surface area contributed by atoms with Crippen LogP contribution in [0.5, 0.6) is 0 Å². The molecule has 0 aliphatic rings. The Balaban J connectivity index is 3.54. The van der Waals surface area contributed by atoms with Gasteiger partial charge in [-0.05, 0) is 12.3 Å². The summed E-state index contributed by atoms with van der Waals surface area (Å²) in [5.41, 5.74) is 0. The number of nitrogens with two attached hydrogens (primary N) is 1. The molecule has 0 aromatic rings. The van der Waals surface area contributed by atoms with Crippen LogP contribution in [-0.4, -0.2) is 27.4 Å². The average Bonchev–Trinajstić information content (AvgIpc) is 2.15. The normalized spacial score (nSPS) is 14.1. The minimum absolute atomic E-state index is 0.0861. The van der Waals surface area contributed by atoms with Gasteiger partial charge in [-0.1, -0.05) is 33.1 Å². The van der Waals surface area contributed by atoms with Gasteiger partial charge in [-0.2, -0.15) is 0 Å². The van der Waals surface area contributed by atoms with Crippen LogP contribution in [-0.2, 0) is 14.8 Å². The van der Waals surface area contributed by atoms with Crippen LogP contribution in [0, 0.1) is 5.92 Å². The van der Waals surface area contributed by atoms with Crippen LogP contribution in [0.4, 0.5) is 0 Å². The monoisotopic (exact) mass is 237 g/mol. The first-order valence-electron chi connectivity index (χ1n) is 5.57. The minimum Gasteiger partial charge on any atom is -0.380 e. The average molecular weight is 237 g/mol. The predicted molar refractivity (Wildman–Crippen MR) is 62.1 cm³/mol. The SMILES string of the molecule is CCCCC(CC)COCCS(N)(=O)=O. The third kappa shape index (κ3) is 10.2. The molecule has 0 radical (unpaired) electrons. The molecule has 0 spiro atoms. The topological polar surface area (TPSA) is 69.4 Å². The molecule has 0 aliphatic heterocycles. The largest absolute Gasteiger partial charge is 0.380 e.